The molecule has 0 amide bonds. The maximum atomic E-state index is 8.16. The van der Waals surface area contributed by atoms with Gasteiger partial charge in [-0.2, -0.15) is 5.26 Å². The highest BCUT2D eigenvalue weighted by molar-refractivity contribution is 8.13. The molecule has 0 aliphatic carbocycles. The molecule has 0 saturated heterocycles. The molecule has 2 N–H and O–H groups in total. The average Bonchev–Trinajstić information content (AvgIpc) is 1.97. The summed E-state index contributed by atoms with van der Waals surface area (Å²) in [6.07, 6.45) is 0.994. The van der Waals surface area contributed by atoms with Crippen LogP contribution < -0.4 is 5.73 Å². The number of rotatable bonds is 3. The number of hydrogen-bond donors (Lipinski definition) is 1. The third-order valence-electron chi connectivity index (χ3n) is 0.776. The van der Waals surface area contributed by atoms with Gasteiger partial charge in [0.2, 0.25) is 0 Å². The molecule has 0 aromatic carbocycles. The third-order valence-corrected chi connectivity index (χ3v) is 1.47. The molecule has 0 aromatic heterocycles. The van der Waals surface area contributed by atoms with Crippen LogP contribution in [0.2, 0.25) is 0 Å². The van der Waals surface area contributed by atoms with Crippen LogP contribution in [-0.2, 0) is 0 Å². The Kier molecular flexibility index (Phi) is 11.5. The quantitative estimate of drug-likeness (QED) is 0.544. The molecular weight excluding hydrogens is 182 g/mol. The van der Waals surface area contributed by atoms with Crippen molar-refractivity contribution in [3.8, 4) is 6.07 Å². The Morgan fingerprint density at radius 1 is 1.73 bits per heavy atom. The fourth-order valence-electron chi connectivity index (χ4n) is 0.374. The standard InChI is InChI=1S/C6H11N3S.ClH/c1-2-4-9-6(8)10-5-3-7;/h2,4-5H2,1H3,(H2,8,9);1H. The van der Waals surface area contributed by atoms with Crippen molar-refractivity contribution in [1.29, 1.82) is 5.26 Å². The molecule has 0 aliphatic rings. The summed E-state index contributed by atoms with van der Waals surface area (Å²) in [5.74, 6) is 0.388. The molecule has 11 heavy (non-hydrogen) atoms. The van der Waals surface area contributed by atoms with Crippen LogP contribution in [0.25, 0.3) is 0 Å². The van der Waals surface area contributed by atoms with Gasteiger partial charge < -0.3 is 5.73 Å². The predicted octanol–water partition coefficient (Wildman–Crippen LogP) is 1.39. The number of nitrogens with two attached hydrogens (primary N) is 1. The minimum absolute atomic E-state index is 0. The first-order chi connectivity index (χ1) is 4.81. The second-order valence-corrected chi connectivity index (χ2v) is 2.66. The van der Waals surface area contributed by atoms with Crippen LogP contribution in [0.5, 0.6) is 0 Å². The van der Waals surface area contributed by atoms with Crippen molar-refractivity contribution in [2.75, 3.05) is 12.3 Å². The van der Waals surface area contributed by atoms with E-state index in [9.17, 15) is 0 Å². The molecule has 0 radical (unpaired) electrons. The molecule has 0 fully saturated rings. The molecule has 0 rings (SSSR count). The van der Waals surface area contributed by atoms with Crippen molar-refractivity contribution in [2.45, 2.75) is 13.3 Å². The molecule has 0 heterocycles. The highest BCUT2D eigenvalue weighted by Crippen LogP contribution is 1.97. The molecule has 3 nitrogen and oxygen atoms in total. The van der Waals surface area contributed by atoms with E-state index in [0.717, 1.165) is 13.0 Å². The van der Waals surface area contributed by atoms with Crippen LogP contribution in [0.3, 0.4) is 0 Å². The minimum Gasteiger partial charge on any atom is -0.379 e. The van der Waals surface area contributed by atoms with Crippen LogP contribution in [-0.4, -0.2) is 17.5 Å². The van der Waals surface area contributed by atoms with Crippen LogP contribution >= 0.6 is 24.2 Å². The molecule has 0 aliphatic heterocycles. The molecule has 0 atom stereocenters. The highest BCUT2D eigenvalue weighted by atomic mass is 35.5. The van der Waals surface area contributed by atoms with Gasteiger partial charge in [-0.25, -0.2) is 0 Å². The second kappa shape index (κ2) is 9.60. The largest absolute Gasteiger partial charge is 0.379 e. The van der Waals surface area contributed by atoms with E-state index in [2.05, 4.69) is 4.99 Å². The minimum atomic E-state index is 0. The van der Waals surface area contributed by atoms with Gasteiger partial charge in [-0.3, -0.25) is 4.99 Å². The normalized spacial score (nSPS) is 10.0. The molecule has 0 aromatic rings. The first kappa shape index (κ1) is 13.2. The lowest BCUT2D eigenvalue weighted by atomic mass is 10.5. The van der Waals surface area contributed by atoms with E-state index in [1.807, 2.05) is 13.0 Å². The molecule has 0 unspecified atom stereocenters. The average molecular weight is 194 g/mol. The topological polar surface area (TPSA) is 62.2 Å². The van der Waals surface area contributed by atoms with Crippen molar-refractivity contribution in [1.82, 2.24) is 0 Å². The van der Waals surface area contributed by atoms with Gasteiger partial charge in [0.1, 0.15) is 0 Å². The molecule has 64 valence electrons. The Bertz CT molecular complexity index is 152. The number of amidine groups is 1. The lowest BCUT2D eigenvalue weighted by molar-refractivity contribution is 0.934. The van der Waals surface area contributed by atoms with Crippen molar-refractivity contribution in [2.24, 2.45) is 10.7 Å². The summed E-state index contributed by atoms with van der Waals surface area (Å²) in [7, 11) is 0. The Morgan fingerprint density at radius 3 is 2.82 bits per heavy atom. The van der Waals surface area contributed by atoms with E-state index in [1.165, 1.54) is 11.8 Å². The maximum absolute atomic E-state index is 8.16. The van der Waals surface area contributed by atoms with E-state index >= 15 is 0 Å². The van der Waals surface area contributed by atoms with Crippen LogP contribution in [0.1, 0.15) is 13.3 Å². The smallest absolute Gasteiger partial charge is 0.154 e. The number of nitrogens with zero attached hydrogens (tertiary/aromatic N) is 2. The fourth-order valence-corrected chi connectivity index (χ4v) is 0.769. The summed E-state index contributed by atoms with van der Waals surface area (Å²) >= 11 is 1.28. The second-order valence-electron chi connectivity index (χ2n) is 1.67. The SMILES string of the molecule is CCCN=C(N)SCC#N.Cl. The molecule has 0 spiro atoms. The monoisotopic (exact) mass is 193 g/mol. The van der Waals surface area contributed by atoms with Gasteiger partial charge in [0.25, 0.3) is 0 Å². The lowest BCUT2D eigenvalue weighted by Gasteiger charge is -1.93. The Balaban J connectivity index is 0. The predicted molar refractivity (Wildman–Crippen MR) is 52.1 cm³/mol. The van der Waals surface area contributed by atoms with E-state index in [-0.39, 0.29) is 12.4 Å². The van der Waals surface area contributed by atoms with Gasteiger partial charge >= 0.3 is 0 Å². The lowest BCUT2D eigenvalue weighted by Crippen LogP contribution is -2.07. The van der Waals surface area contributed by atoms with E-state index < -0.39 is 0 Å². The number of nitriles is 1. The van der Waals surface area contributed by atoms with Crippen LogP contribution in [0.15, 0.2) is 4.99 Å². The van der Waals surface area contributed by atoms with E-state index in [0.29, 0.717) is 10.9 Å². The zero-order chi connectivity index (χ0) is 7.82. The van der Waals surface area contributed by atoms with Gasteiger partial charge in [-0.1, -0.05) is 18.7 Å². The van der Waals surface area contributed by atoms with Gasteiger partial charge in [-0.05, 0) is 6.42 Å². The molecule has 5 heteroatoms. The number of halogens is 1. The maximum Gasteiger partial charge on any atom is 0.154 e. The highest BCUT2D eigenvalue weighted by Gasteiger charge is 1.89. The van der Waals surface area contributed by atoms with E-state index in [4.69, 9.17) is 11.0 Å². The van der Waals surface area contributed by atoms with E-state index in [1.54, 1.807) is 0 Å². The zero-order valence-corrected chi connectivity index (χ0v) is 8.04. The Labute approximate surface area is 77.5 Å². The Hall–Kier alpha value is -0.400. The van der Waals surface area contributed by atoms with Crippen LogP contribution in [0, 0.1) is 11.3 Å². The zero-order valence-electron chi connectivity index (χ0n) is 6.41. The number of thioether (sulfide) groups is 1. The number of hydrogen-bond acceptors (Lipinski definition) is 3. The summed E-state index contributed by atoms with van der Waals surface area (Å²) in [6.45, 7) is 2.79. The van der Waals surface area contributed by atoms with Crippen molar-refractivity contribution in [3.05, 3.63) is 0 Å². The number of aliphatic imine (C=N–C) groups is 1. The summed E-state index contributed by atoms with van der Waals surface area (Å²) in [5, 5.41) is 8.68. The van der Waals surface area contributed by atoms with Crippen molar-refractivity contribution >= 4 is 29.3 Å². The van der Waals surface area contributed by atoms with Crippen LogP contribution in [0.4, 0.5) is 0 Å². The van der Waals surface area contributed by atoms with Gasteiger partial charge in [0.15, 0.2) is 5.17 Å². The summed E-state index contributed by atoms with van der Waals surface area (Å²) in [4.78, 5) is 3.99. The molecule has 0 saturated carbocycles. The fraction of sp³-hybridized carbons (Fsp3) is 0.667. The molecular formula is C6H12ClN3S. The van der Waals surface area contributed by atoms with Crippen molar-refractivity contribution < 1.29 is 0 Å². The summed E-state index contributed by atoms with van der Waals surface area (Å²) < 4.78 is 0. The first-order valence-corrected chi connectivity index (χ1v) is 4.09. The molecule has 0 bridgehead atoms. The third kappa shape index (κ3) is 9.60. The van der Waals surface area contributed by atoms with Gasteiger partial charge in [0, 0.05) is 6.54 Å². The van der Waals surface area contributed by atoms with Gasteiger partial charge in [0.05, 0.1) is 11.8 Å². The Morgan fingerprint density at radius 2 is 2.36 bits per heavy atom. The van der Waals surface area contributed by atoms with Gasteiger partial charge in [-0.15, -0.1) is 12.4 Å². The summed E-state index contributed by atoms with van der Waals surface area (Å²) in [5.41, 5.74) is 5.41. The summed E-state index contributed by atoms with van der Waals surface area (Å²) in [6, 6.07) is 1.98. The first-order valence-electron chi connectivity index (χ1n) is 3.11. The van der Waals surface area contributed by atoms with Crippen molar-refractivity contribution in [3.63, 3.8) is 0 Å².